The molecule has 1 saturated heterocycles. The van der Waals surface area contributed by atoms with Gasteiger partial charge in [-0.25, -0.2) is 22.4 Å². The van der Waals surface area contributed by atoms with Gasteiger partial charge >= 0.3 is 5.69 Å². The van der Waals surface area contributed by atoms with Crippen molar-refractivity contribution in [3.63, 3.8) is 0 Å². The molecule has 1 aromatic rings. The predicted octanol–water partition coefficient (Wildman–Crippen LogP) is 0.335. The first-order chi connectivity index (χ1) is 9.35. The summed E-state index contributed by atoms with van der Waals surface area (Å²) in [6.45, 7) is -2.30. The summed E-state index contributed by atoms with van der Waals surface area (Å²) in [5.41, 5.74) is -1.65. The molecule has 2 rings (SSSR count). The molecule has 10 heteroatoms. The molecule has 0 amide bonds. The summed E-state index contributed by atoms with van der Waals surface area (Å²) in [6.07, 6.45) is -2.54. The molecule has 2 heterocycles. The number of rotatable bonds is 2. The molecular formula is C10H12F4N2O4. The third-order valence-electron chi connectivity index (χ3n) is 2.49. The van der Waals surface area contributed by atoms with Gasteiger partial charge in [0.15, 0.2) is 0 Å². The lowest BCUT2D eigenvalue weighted by molar-refractivity contribution is -0.120. The Kier molecular flexibility index (Phi) is 5.45. The van der Waals surface area contributed by atoms with E-state index in [4.69, 9.17) is 9.84 Å². The number of alkyl halides is 4. The van der Waals surface area contributed by atoms with Gasteiger partial charge in [0.25, 0.3) is 11.5 Å². The van der Waals surface area contributed by atoms with Gasteiger partial charge in [-0.3, -0.25) is 14.3 Å². The zero-order valence-electron chi connectivity index (χ0n) is 10.1. The normalized spacial score (nSPS) is 24.1. The van der Waals surface area contributed by atoms with Gasteiger partial charge < -0.3 is 9.84 Å². The van der Waals surface area contributed by atoms with Gasteiger partial charge in [0.05, 0.1) is 12.7 Å². The Bertz CT molecular complexity index is 545. The molecule has 0 spiro atoms. The highest BCUT2D eigenvalue weighted by Gasteiger charge is 2.51. The highest BCUT2D eigenvalue weighted by atomic mass is 19.3. The van der Waals surface area contributed by atoms with Crippen molar-refractivity contribution < 1.29 is 27.4 Å². The Morgan fingerprint density at radius 1 is 1.45 bits per heavy atom. The van der Waals surface area contributed by atoms with Gasteiger partial charge in [-0.15, -0.1) is 0 Å². The SMILES string of the molecule is FCF.O=c1ccn(C2OC(CO)CC2(F)F)c(=O)[nH]1. The van der Waals surface area contributed by atoms with Crippen LogP contribution in [0.4, 0.5) is 17.6 Å². The van der Waals surface area contributed by atoms with Crippen molar-refractivity contribution in [2.45, 2.75) is 24.7 Å². The van der Waals surface area contributed by atoms with E-state index in [9.17, 15) is 27.2 Å². The Labute approximate surface area is 109 Å². The van der Waals surface area contributed by atoms with Crippen molar-refractivity contribution in [3.8, 4) is 0 Å². The van der Waals surface area contributed by atoms with Crippen molar-refractivity contribution in [2.75, 3.05) is 13.5 Å². The fourth-order valence-electron chi connectivity index (χ4n) is 1.72. The second-order valence-corrected chi connectivity index (χ2v) is 3.88. The number of ether oxygens (including phenoxy) is 1. The number of hydrogen-bond acceptors (Lipinski definition) is 4. The summed E-state index contributed by atoms with van der Waals surface area (Å²) in [6, 6.07) is 0.952. The van der Waals surface area contributed by atoms with E-state index in [1.807, 2.05) is 4.98 Å². The predicted molar refractivity (Wildman–Crippen MR) is 59.0 cm³/mol. The monoisotopic (exact) mass is 300 g/mol. The molecule has 2 atom stereocenters. The minimum absolute atomic E-state index is 0.551. The van der Waals surface area contributed by atoms with E-state index in [2.05, 4.69) is 0 Å². The van der Waals surface area contributed by atoms with Crippen LogP contribution in [0.25, 0.3) is 0 Å². The maximum atomic E-state index is 13.5. The second kappa shape index (κ2) is 6.66. The number of aromatic amines is 1. The van der Waals surface area contributed by atoms with Crippen LogP contribution in [0, 0.1) is 0 Å². The molecular weight excluding hydrogens is 288 g/mol. The van der Waals surface area contributed by atoms with E-state index in [0.717, 1.165) is 12.3 Å². The van der Waals surface area contributed by atoms with Crippen LogP contribution >= 0.6 is 0 Å². The number of nitrogens with zero attached hydrogens (tertiary/aromatic N) is 1. The molecule has 0 aromatic carbocycles. The van der Waals surface area contributed by atoms with Gasteiger partial charge in [-0.1, -0.05) is 0 Å². The fourth-order valence-corrected chi connectivity index (χ4v) is 1.72. The molecule has 0 aliphatic carbocycles. The number of aromatic nitrogens is 2. The highest BCUT2D eigenvalue weighted by molar-refractivity contribution is 4.92. The van der Waals surface area contributed by atoms with Gasteiger partial charge in [0.1, 0.15) is 0 Å². The van der Waals surface area contributed by atoms with Crippen molar-refractivity contribution in [3.05, 3.63) is 33.1 Å². The summed E-state index contributed by atoms with van der Waals surface area (Å²) >= 11 is 0. The maximum Gasteiger partial charge on any atom is 0.330 e. The molecule has 1 fully saturated rings. The van der Waals surface area contributed by atoms with Crippen molar-refractivity contribution in [1.29, 1.82) is 0 Å². The standard InChI is InChI=1S/C9H10F2N2O4.CH2F2/c10-9(11)3-5(4-14)17-7(9)13-2-1-6(15)12-8(13)16;2-1-3/h1-2,5,7,14H,3-4H2,(H,12,15,16);1H2. The Morgan fingerprint density at radius 3 is 2.50 bits per heavy atom. The number of aliphatic hydroxyl groups is 1. The van der Waals surface area contributed by atoms with Crippen LogP contribution in [0.5, 0.6) is 0 Å². The van der Waals surface area contributed by atoms with Crippen molar-refractivity contribution >= 4 is 0 Å². The molecule has 114 valence electrons. The van der Waals surface area contributed by atoms with Gasteiger partial charge in [-0.2, -0.15) is 0 Å². The van der Waals surface area contributed by atoms with Crippen LogP contribution in [0.15, 0.2) is 21.9 Å². The lowest BCUT2D eigenvalue weighted by Crippen LogP contribution is -2.37. The maximum absolute atomic E-state index is 13.5. The summed E-state index contributed by atoms with van der Waals surface area (Å²) in [7, 11) is 0. The topological polar surface area (TPSA) is 84.3 Å². The summed E-state index contributed by atoms with van der Waals surface area (Å²) in [5, 5.41) is 8.77. The second-order valence-electron chi connectivity index (χ2n) is 3.88. The van der Waals surface area contributed by atoms with Gasteiger partial charge in [-0.05, 0) is 0 Å². The molecule has 6 nitrogen and oxygen atoms in total. The zero-order valence-corrected chi connectivity index (χ0v) is 10.1. The minimum atomic E-state index is -3.27. The fraction of sp³-hybridized carbons (Fsp3) is 0.600. The molecule has 1 aromatic heterocycles. The van der Waals surface area contributed by atoms with E-state index in [1.54, 1.807) is 0 Å². The first-order valence-electron chi connectivity index (χ1n) is 5.43. The number of halogens is 4. The lowest BCUT2D eigenvalue weighted by atomic mass is 10.2. The lowest BCUT2D eigenvalue weighted by Gasteiger charge is -2.19. The molecule has 0 saturated carbocycles. The number of H-pyrrole nitrogens is 1. The molecule has 1 aliphatic rings. The van der Waals surface area contributed by atoms with Crippen LogP contribution in [-0.2, 0) is 4.74 Å². The Hall–Kier alpha value is -1.68. The quantitative estimate of drug-likeness (QED) is 0.771. The first-order valence-corrected chi connectivity index (χ1v) is 5.43. The highest BCUT2D eigenvalue weighted by Crippen LogP contribution is 2.41. The summed E-state index contributed by atoms with van der Waals surface area (Å²) < 4.78 is 51.8. The minimum Gasteiger partial charge on any atom is -0.394 e. The van der Waals surface area contributed by atoms with Crippen LogP contribution in [0.1, 0.15) is 12.6 Å². The van der Waals surface area contributed by atoms with Crippen LogP contribution < -0.4 is 11.2 Å². The Morgan fingerprint density at radius 2 is 2.05 bits per heavy atom. The zero-order chi connectivity index (χ0) is 15.3. The van der Waals surface area contributed by atoms with E-state index in [-0.39, 0.29) is 0 Å². The van der Waals surface area contributed by atoms with Crippen LogP contribution in [-0.4, -0.2) is 40.2 Å². The number of hydrogen-bond donors (Lipinski definition) is 2. The molecule has 1 aliphatic heterocycles. The third kappa shape index (κ3) is 3.67. The van der Waals surface area contributed by atoms with Gasteiger partial charge in [0.2, 0.25) is 13.2 Å². The number of nitrogens with one attached hydrogen (secondary N) is 1. The van der Waals surface area contributed by atoms with E-state index in [0.29, 0.717) is 4.57 Å². The van der Waals surface area contributed by atoms with Crippen molar-refractivity contribution in [2.24, 2.45) is 0 Å². The molecule has 0 bridgehead atoms. The van der Waals surface area contributed by atoms with E-state index in [1.165, 1.54) is 0 Å². The third-order valence-corrected chi connectivity index (χ3v) is 2.49. The van der Waals surface area contributed by atoms with Gasteiger partial charge in [0, 0.05) is 18.7 Å². The molecule has 20 heavy (non-hydrogen) atoms. The van der Waals surface area contributed by atoms with Crippen molar-refractivity contribution in [1.82, 2.24) is 9.55 Å². The Balaban J connectivity index is 0.000000612. The number of aliphatic hydroxyl groups excluding tert-OH is 1. The molecule has 0 radical (unpaired) electrons. The van der Waals surface area contributed by atoms with Crippen LogP contribution in [0.2, 0.25) is 0 Å². The molecule has 2 N–H and O–H groups in total. The average Bonchev–Trinajstić information content (AvgIpc) is 2.66. The van der Waals surface area contributed by atoms with Crippen LogP contribution in [0.3, 0.4) is 0 Å². The summed E-state index contributed by atoms with van der Waals surface area (Å²) in [5.74, 6) is -3.27. The van der Waals surface area contributed by atoms with E-state index >= 15 is 0 Å². The summed E-state index contributed by atoms with van der Waals surface area (Å²) in [4.78, 5) is 24.0. The largest absolute Gasteiger partial charge is 0.394 e. The molecule has 2 unspecified atom stereocenters. The van der Waals surface area contributed by atoms with E-state index < -0.39 is 49.5 Å². The average molecular weight is 300 g/mol. The smallest absolute Gasteiger partial charge is 0.330 e. The first kappa shape index (κ1) is 16.4.